The lowest BCUT2D eigenvalue weighted by Gasteiger charge is -2.51. The lowest BCUT2D eigenvalue weighted by atomic mass is 9.77. The predicted octanol–water partition coefficient (Wildman–Crippen LogP) is 4.82. The Morgan fingerprint density at radius 2 is 2.13 bits per heavy atom. The number of esters is 1. The fraction of sp³-hybridized carbons (Fsp3) is 0.650. The molecule has 23 heavy (non-hydrogen) atoms. The Hall–Kier alpha value is -1.51. The van der Waals surface area contributed by atoms with Gasteiger partial charge in [0.2, 0.25) is 0 Å². The lowest BCUT2D eigenvalue weighted by Crippen LogP contribution is -2.56. The molecule has 1 aliphatic heterocycles. The van der Waals surface area contributed by atoms with Gasteiger partial charge in [0.05, 0.1) is 7.11 Å². The van der Waals surface area contributed by atoms with E-state index >= 15 is 0 Å². The number of carbonyl (C=O) groups is 1. The maximum absolute atomic E-state index is 12.5. The SMILES string of the molecule is CCCCC(C(=O)OC)N1c2c(C)cccc2C(C)CC1(C)C. The summed E-state index contributed by atoms with van der Waals surface area (Å²) >= 11 is 0. The largest absolute Gasteiger partial charge is 0.467 e. The van der Waals surface area contributed by atoms with E-state index in [9.17, 15) is 4.79 Å². The van der Waals surface area contributed by atoms with E-state index in [0.717, 1.165) is 25.7 Å². The summed E-state index contributed by atoms with van der Waals surface area (Å²) in [5.74, 6) is 0.385. The van der Waals surface area contributed by atoms with Crippen LogP contribution >= 0.6 is 0 Å². The molecule has 128 valence electrons. The molecule has 2 rings (SSSR count). The molecular weight excluding hydrogens is 286 g/mol. The number of ether oxygens (including phenoxy) is 1. The Labute approximate surface area is 141 Å². The smallest absolute Gasteiger partial charge is 0.328 e. The van der Waals surface area contributed by atoms with Crippen molar-refractivity contribution in [2.75, 3.05) is 12.0 Å². The van der Waals surface area contributed by atoms with Gasteiger partial charge in [-0.05, 0) is 50.7 Å². The zero-order valence-electron chi connectivity index (χ0n) is 15.5. The van der Waals surface area contributed by atoms with Gasteiger partial charge in [-0.1, -0.05) is 44.9 Å². The van der Waals surface area contributed by atoms with Gasteiger partial charge >= 0.3 is 5.97 Å². The van der Waals surface area contributed by atoms with Gasteiger partial charge in [-0.15, -0.1) is 0 Å². The van der Waals surface area contributed by atoms with E-state index < -0.39 is 0 Å². The summed E-state index contributed by atoms with van der Waals surface area (Å²) in [6.45, 7) is 11.1. The number of hydrogen-bond acceptors (Lipinski definition) is 3. The number of carbonyl (C=O) groups excluding carboxylic acids is 1. The molecule has 0 amide bonds. The lowest BCUT2D eigenvalue weighted by molar-refractivity contribution is -0.142. The zero-order valence-corrected chi connectivity index (χ0v) is 15.5. The van der Waals surface area contributed by atoms with Crippen molar-refractivity contribution in [3.05, 3.63) is 29.3 Å². The second-order valence-corrected chi connectivity index (χ2v) is 7.48. The molecule has 0 aliphatic carbocycles. The first-order valence-electron chi connectivity index (χ1n) is 8.80. The minimum Gasteiger partial charge on any atom is -0.467 e. The third kappa shape index (κ3) is 3.39. The third-order valence-electron chi connectivity index (χ3n) is 5.11. The molecule has 0 fully saturated rings. The van der Waals surface area contributed by atoms with E-state index in [1.807, 2.05) is 0 Å². The van der Waals surface area contributed by atoms with Crippen LogP contribution in [0.5, 0.6) is 0 Å². The Balaban J connectivity index is 2.56. The van der Waals surface area contributed by atoms with Gasteiger partial charge in [0.25, 0.3) is 0 Å². The Morgan fingerprint density at radius 3 is 2.74 bits per heavy atom. The number of fused-ring (bicyclic) bond motifs is 1. The summed E-state index contributed by atoms with van der Waals surface area (Å²) in [5.41, 5.74) is 3.77. The van der Waals surface area contributed by atoms with Crippen LogP contribution in [0.2, 0.25) is 0 Å². The van der Waals surface area contributed by atoms with Crippen molar-refractivity contribution in [3.63, 3.8) is 0 Å². The molecule has 0 saturated carbocycles. The number of aryl methyl sites for hydroxylation is 1. The number of unbranched alkanes of at least 4 members (excludes halogenated alkanes) is 1. The van der Waals surface area contributed by atoms with Crippen LogP contribution in [0.4, 0.5) is 5.69 Å². The first-order chi connectivity index (χ1) is 10.8. The summed E-state index contributed by atoms with van der Waals surface area (Å²) < 4.78 is 5.16. The molecule has 0 bridgehead atoms. The van der Waals surface area contributed by atoms with E-state index in [2.05, 4.69) is 57.7 Å². The first-order valence-corrected chi connectivity index (χ1v) is 8.80. The molecule has 0 aromatic heterocycles. The first kappa shape index (κ1) is 17.8. The molecule has 2 atom stereocenters. The normalized spacial score (nSPS) is 20.8. The minimum absolute atomic E-state index is 0.0644. The topological polar surface area (TPSA) is 29.5 Å². The van der Waals surface area contributed by atoms with Crippen LogP contribution in [0.15, 0.2) is 18.2 Å². The third-order valence-corrected chi connectivity index (χ3v) is 5.11. The Kier molecular flexibility index (Phi) is 5.38. The molecule has 0 N–H and O–H groups in total. The maximum atomic E-state index is 12.5. The van der Waals surface area contributed by atoms with Crippen molar-refractivity contribution in [2.24, 2.45) is 0 Å². The van der Waals surface area contributed by atoms with Crippen LogP contribution in [-0.4, -0.2) is 24.7 Å². The van der Waals surface area contributed by atoms with Gasteiger partial charge in [-0.3, -0.25) is 0 Å². The molecule has 0 radical (unpaired) electrons. The van der Waals surface area contributed by atoms with E-state index in [0.29, 0.717) is 5.92 Å². The molecule has 0 saturated heterocycles. The number of para-hydroxylation sites is 1. The van der Waals surface area contributed by atoms with Crippen molar-refractivity contribution in [1.82, 2.24) is 0 Å². The summed E-state index contributed by atoms with van der Waals surface area (Å²) in [4.78, 5) is 14.9. The van der Waals surface area contributed by atoms with Gasteiger partial charge < -0.3 is 9.64 Å². The Morgan fingerprint density at radius 1 is 1.43 bits per heavy atom. The average Bonchev–Trinajstić information content (AvgIpc) is 2.49. The fourth-order valence-corrected chi connectivity index (χ4v) is 4.13. The van der Waals surface area contributed by atoms with Crippen LogP contribution in [0.25, 0.3) is 0 Å². The second kappa shape index (κ2) is 6.94. The van der Waals surface area contributed by atoms with Crippen molar-refractivity contribution in [2.45, 2.75) is 77.8 Å². The number of anilines is 1. The van der Waals surface area contributed by atoms with Crippen LogP contribution in [0.1, 0.15) is 70.4 Å². The highest BCUT2D eigenvalue weighted by Gasteiger charge is 2.43. The van der Waals surface area contributed by atoms with Gasteiger partial charge in [-0.2, -0.15) is 0 Å². The molecule has 1 aromatic carbocycles. The number of benzene rings is 1. The van der Waals surface area contributed by atoms with Gasteiger partial charge in [0.1, 0.15) is 6.04 Å². The van der Waals surface area contributed by atoms with Crippen LogP contribution < -0.4 is 4.90 Å². The van der Waals surface area contributed by atoms with Crippen molar-refractivity contribution < 1.29 is 9.53 Å². The number of methoxy groups -OCH3 is 1. The summed E-state index contributed by atoms with van der Waals surface area (Å²) in [6, 6.07) is 6.28. The summed E-state index contributed by atoms with van der Waals surface area (Å²) in [7, 11) is 1.50. The van der Waals surface area contributed by atoms with Gasteiger partial charge in [-0.25, -0.2) is 4.79 Å². The van der Waals surface area contributed by atoms with Crippen molar-refractivity contribution in [1.29, 1.82) is 0 Å². The zero-order chi connectivity index (χ0) is 17.2. The molecular formula is C20H31NO2. The summed E-state index contributed by atoms with van der Waals surface area (Å²) in [6.07, 6.45) is 4.00. The van der Waals surface area contributed by atoms with E-state index in [1.165, 1.54) is 23.9 Å². The Bertz CT molecular complexity index is 565. The monoisotopic (exact) mass is 317 g/mol. The predicted molar refractivity (Wildman–Crippen MR) is 96.1 cm³/mol. The standard InChI is InChI=1S/C20H31NO2/c1-7-8-12-17(19(22)23-6)21-18-14(2)10-9-11-16(18)15(3)13-20(21,4)5/h9-11,15,17H,7-8,12-13H2,1-6H3. The summed E-state index contributed by atoms with van der Waals surface area (Å²) in [5, 5.41) is 0. The highest BCUT2D eigenvalue weighted by molar-refractivity contribution is 5.82. The number of hydrogen-bond donors (Lipinski definition) is 0. The molecule has 1 heterocycles. The average molecular weight is 317 g/mol. The minimum atomic E-state index is -0.206. The molecule has 1 aliphatic rings. The molecule has 3 heteroatoms. The van der Waals surface area contributed by atoms with Crippen molar-refractivity contribution in [3.8, 4) is 0 Å². The molecule has 0 spiro atoms. The molecule has 3 nitrogen and oxygen atoms in total. The van der Waals surface area contributed by atoms with Crippen LogP contribution in [0, 0.1) is 6.92 Å². The molecule has 2 unspecified atom stereocenters. The van der Waals surface area contributed by atoms with E-state index in [-0.39, 0.29) is 17.6 Å². The van der Waals surface area contributed by atoms with E-state index in [1.54, 1.807) is 0 Å². The quantitative estimate of drug-likeness (QED) is 0.729. The highest BCUT2D eigenvalue weighted by Crippen LogP contribution is 2.46. The van der Waals surface area contributed by atoms with E-state index in [4.69, 9.17) is 4.74 Å². The second-order valence-electron chi connectivity index (χ2n) is 7.48. The van der Waals surface area contributed by atoms with Crippen molar-refractivity contribution >= 4 is 11.7 Å². The van der Waals surface area contributed by atoms with Crippen LogP contribution in [-0.2, 0) is 9.53 Å². The number of nitrogens with zero attached hydrogens (tertiary/aromatic N) is 1. The number of rotatable bonds is 5. The molecule has 1 aromatic rings. The van der Waals surface area contributed by atoms with Gasteiger partial charge in [0, 0.05) is 11.2 Å². The highest BCUT2D eigenvalue weighted by atomic mass is 16.5. The maximum Gasteiger partial charge on any atom is 0.328 e. The van der Waals surface area contributed by atoms with Crippen LogP contribution in [0.3, 0.4) is 0 Å². The van der Waals surface area contributed by atoms with Gasteiger partial charge in [0.15, 0.2) is 0 Å². The fourth-order valence-electron chi connectivity index (χ4n) is 4.13.